The topological polar surface area (TPSA) is 86.7 Å². The minimum Gasteiger partial charge on any atom is -0.481 e. The lowest BCUT2D eigenvalue weighted by atomic mass is 9.89. The number of carbonyl (C=O) groups excluding carboxylic acids is 2. The summed E-state index contributed by atoms with van der Waals surface area (Å²) in [4.78, 5) is 36.3. The number of imide groups is 1. The van der Waals surface area contributed by atoms with Gasteiger partial charge in [-0.1, -0.05) is 24.3 Å². The SMILES string of the molecule is O=C1CC(N2Cc3ccccc3C(C(=O)O)C2)C(=O)N1. The van der Waals surface area contributed by atoms with Crippen molar-refractivity contribution in [2.24, 2.45) is 0 Å². The molecule has 2 amide bonds. The van der Waals surface area contributed by atoms with E-state index in [0.717, 1.165) is 11.1 Å². The number of amides is 2. The fourth-order valence-corrected chi connectivity index (χ4v) is 2.92. The summed E-state index contributed by atoms with van der Waals surface area (Å²) in [5.41, 5.74) is 1.69. The average Bonchev–Trinajstić information content (AvgIpc) is 2.76. The number of fused-ring (bicyclic) bond motifs is 1. The second-order valence-corrected chi connectivity index (χ2v) is 5.15. The summed E-state index contributed by atoms with van der Waals surface area (Å²) in [5, 5.41) is 11.6. The highest BCUT2D eigenvalue weighted by molar-refractivity contribution is 6.05. The zero-order chi connectivity index (χ0) is 14.3. The molecule has 2 heterocycles. The van der Waals surface area contributed by atoms with Crippen LogP contribution in [0.4, 0.5) is 0 Å². The van der Waals surface area contributed by atoms with Gasteiger partial charge in [0, 0.05) is 13.1 Å². The van der Waals surface area contributed by atoms with Crippen LogP contribution in [0.2, 0.25) is 0 Å². The molecule has 6 heteroatoms. The molecule has 0 radical (unpaired) electrons. The lowest BCUT2D eigenvalue weighted by molar-refractivity contribution is -0.140. The van der Waals surface area contributed by atoms with Crippen LogP contribution >= 0.6 is 0 Å². The van der Waals surface area contributed by atoms with E-state index < -0.39 is 17.9 Å². The third-order valence-electron chi connectivity index (χ3n) is 3.90. The van der Waals surface area contributed by atoms with Gasteiger partial charge in [0.1, 0.15) is 0 Å². The largest absolute Gasteiger partial charge is 0.481 e. The molecule has 2 aliphatic rings. The molecule has 104 valence electrons. The molecule has 2 aliphatic heterocycles. The van der Waals surface area contributed by atoms with Gasteiger partial charge in [-0.3, -0.25) is 24.6 Å². The molecule has 0 saturated carbocycles. The monoisotopic (exact) mass is 274 g/mol. The summed E-state index contributed by atoms with van der Waals surface area (Å²) in [5.74, 6) is -2.21. The molecule has 2 unspecified atom stereocenters. The van der Waals surface area contributed by atoms with E-state index in [1.54, 1.807) is 4.90 Å². The third kappa shape index (κ3) is 2.08. The van der Waals surface area contributed by atoms with Gasteiger partial charge in [0.05, 0.1) is 18.4 Å². The first-order valence-electron chi connectivity index (χ1n) is 6.44. The lowest BCUT2D eigenvalue weighted by Crippen LogP contribution is -2.46. The van der Waals surface area contributed by atoms with Crippen LogP contribution in [0.3, 0.4) is 0 Å². The fraction of sp³-hybridized carbons (Fsp3) is 0.357. The van der Waals surface area contributed by atoms with Gasteiger partial charge in [-0.2, -0.15) is 0 Å². The average molecular weight is 274 g/mol. The van der Waals surface area contributed by atoms with Gasteiger partial charge in [-0.05, 0) is 11.1 Å². The van der Waals surface area contributed by atoms with Gasteiger partial charge in [0.15, 0.2) is 0 Å². The molecule has 1 fully saturated rings. The molecule has 1 saturated heterocycles. The summed E-state index contributed by atoms with van der Waals surface area (Å²) >= 11 is 0. The number of nitrogens with one attached hydrogen (secondary N) is 1. The van der Waals surface area contributed by atoms with Crippen LogP contribution in [0.15, 0.2) is 24.3 Å². The quantitative estimate of drug-likeness (QED) is 0.746. The Hall–Kier alpha value is -2.21. The summed E-state index contributed by atoms with van der Waals surface area (Å²) < 4.78 is 0. The van der Waals surface area contributed by atoms with E-state index in [0.29, 0.717) is 6.54 Å². The Morgan fingerprint density at radius 3 is 2.70 bits per heavy atom. The Balaban J connectivity index is 1.92. The van der Waals surface area contributed by atoms with Crippen molar-refractivity contribution in [2.75, 3.05) is 6.54 Å². The maximum absolute atomic E-state index is 11.8. The van der Waals surface area contributed by atoms with Gasteiger partial charge in [0.2, 0.25) is 11.8 Å². The molecule has 2 atom stereocenters. The zero-order valence-corrected chi connectivity index (χ0v) is 10.7. The molecular formula is C14H14N2O4. The number of hydrogen-bond donors (Lipinski definition) is 2. The summed E-state index contributed by atoms with van der Waals surface area (Å²) in [6.07, 6.45) is 0.105. The summed E-state index contributed by atoms with van der Waals surface area (Å²) in [7, 11) is 0. The normalized spacial score (nSPS) is 26.2. The Morgan fingerprint density at radius 2 is 2.05 bits per heavy atom. The van der Waals surface area contributed by atoms with Crippen molar-refractivity contribution >= 4 is 17.8 Å². The van der Waals surface area contributed by atoms with Crippen LogP contribution in [0.5, 0.6) is 0 Å². The summed E-state index contributed by atoms with van der Waals surface area (Å²) in [6, 6.07) is 6.78. The van der Waals surface area contributed by atoms with Crippen molar-refractivity contribution in [1.29, 1.82) is 0 Å². The van der Waals surface area contributed by atoms with Crippen molar-refractivity contribution in [1.82, 2.24) is 10.2 Å². The van der Waals surface area contributed by atoms with Crippen molar-refractivity contribution in [3.63, 3.8) is 0 Å². The predicted octanol–water partition coefficient (Wildman–Crippen LogP) is 0.0855. The standard InChI is InChI=1S/C14H14N2O4/c17-12-5-11(13(18)15-12)16-6-8-3-1-2-4-9(8)10(7-16)14(19)20/h1-4,10-11H,5-7H2,(H,19,20)(H,15,17,18). The van der Waals surface area contributed by atoms with Gasteiger partial charge in [-0.25, -0.2) is 0 Å². The van der Waals surface area contributed by atoms with Crippen LogP contribution in [0.25, 0.3) is 0 Å². The minimum absolute atomic E-state index is 0.105. The molecule has 1 aromatic carbocycles. The lowest BCUT2D eigenvalue weighted by Gasteiger charge is -2.35. The number of nitrogens with zero attached hydrogens (tertiary/aromatic N) is 1. The highest BCUT2D eigenvalue weighted by Gasteiger charge is 2.40. The first-order valence-corrected chi connectivity index (χ1v) is 6.44. The molecule has 3 rings (SSSR count). The Morgan fingerprint density at radius 1 is 1.30 bits per heavy atom. The second-order valence-electron chi connectivity index (χ2n) is 5.15. The highest BCUT2D eigenvalue weighted by Crippen LogP contribution is 2.30. The molecule has 20 heavy (non-hydrogen) atoms. The third-order valence-corrected chi connectivity index (χ3v) is 3.90. The van der Waals surface area contributed by atoms with Crippen LogP contribution in [-0.2, 0) is 20.9 Å². The fourth-order valence-electron chi connectivity index (χ4n) is 2.92. The zero-order valence-electron chi connectivity index (χ0n) is 10.7. The molecule has 0 aromatic heterocycles. The number of hydrogen-bond acceptors (Lipinski definition) is 4. The smallest absolute Gasteiger partial charge is 0.312 e. The van der Waals surface area contributed by atoms with E-state index >= 15 is 0 Å². The van der Waals surface area contributed by atoms with Gasteiger partial charge in [0.25, 0.3) is 0 Å². The number of aliphatic carboxylic acids is 1. The molecule has 2 N–H and O–H groups in total. The highest BCUT2D eigenvalue weighted by atomic mass is 16.4. The van der Waals surface area contributed by atoms with Gasteiger partial charge >= 0.3 is 5.97 Å². The van der Waals surface area contributed by atoms with Crippen LogP contribution in [0, 0.1) is 0 Å². The van der Waals surface area contributed by atoms with E-state index in [-0.39, 0.29) is 24.8 Å². The minimum atomic E-state index is -0.910. The van der Waals surface area contributed by atoms with E-state index in [9.17, 15) is 19.5 Å². The van der Waals surface area contributed by atoms with E-state index in [2.05, 4.69) is 5.32 Å². The van der Waals surface area contributed by atoms with Crippen molar-refractivity contribution in [3.8, 4) is 0 Å². The molecule has 0 aliphatic carbocycles. The van der Waals surface area contributed by atoms with E-state index in [1.165, 1.54) is 0 Å². The van der Waals surface area contributed by atoms with Crippen LogP contribution < -0.4 is 5.32 Å². The molecule has 0 spiro atoms. The maximum atomic E-state index is 11.8. The Bertz CT molecular complexity index is 599. The van der Waals surface area contributed by atoms with Crippen molar-refractivity contribution in [3.05, 3.63) is 35.4 Å². The Kier molecular flexibility index (Phi) is 3.02. The number of carboxylic acids is 1. The van der Waals surface area contributed by atoms with Crippen molar-refractivity contribution < 1.29 is 19.5 Å². The number of rotatable bonds is 2. The van der Waals surface area contributed by atoms with Crippen LogP contribution in [-0.4, -0.2) is 40.4 Å². The first kappa shape index (κ1) is 12.8. The maximum Gasteiger partial charge on any atom is 0.312 e. The predicted molar refractivity (Wildman–Crippen MR) is 68.8 cm³/mol. The number of benzene rings is 1. The van der Waals surface area contributed by atoms with Crippen LogP contribution in [0.1, 0.15) is 23.5 Å². The molecule has 1 aromatic rings. The first-order chi connectivity index (χ1) is 9.56. The van der Waals surface area contributed by atoms with E-state index in [4.69, 9.17) is 0 Å². The Labute approximate surface area is 115 Å². The number of carbonyl (C=O) groups is 3. The molecular weight excluding hydrogens is 260 g/mol. The summed E-state index contributed by atoms with van der Waals surface area (Å²) in [6.45, 7) is 0.739. The van der Waals surface area contributed by atoms with Crippen molar-refractivity contribution in [2.45, 2.75) is 24.9 Å². The molecule has 6 nitrogen and oxygen atoms in total. The van der Waals surface area contributed by atoms with E-state index in [1.807, 2.05) is 24.3 Å². The molecule has 0 bridgehead atoms. The second kappa shape index (κ2) is 4.72. The van der Waals surface area contributed by atoms with Gasteiger partial charge in [-0.15, -0.1) is 0 Å². The number of carboxylic acid groups (broad SMARTS) is 1. The van der Waals surface area contributed by atoms with Gasteiger partial charge < -0.3 is 5.11 Å².